The third-order valence-corrected chi connectivity index (χ3v) is 5.38. The van der Waals surface area contributed by atoms with Crippen LogP contribution in [0.15, 0.2) is 109 Å². The largest absolute Gasteiger partial charge is 0.356 e. The summed E-state index contributed by atoms with van der Waals surface area (Å²) < 4.78 is 0. The van der Waals surface area contributed by atoms with Crippen molar-refractivity contribution >= 4 is 11.4 Å². The Kier molecular flexibility index (Phi) is 8.06. The van der Waals surface area contributed by atoms with Crippen LogP contribution >= 0.6 is 0 Å². The van der Waals surface area contributed by atoms with Crippen molar-refractivity contribution in [2.45, 2.75) is 33.6 Å². The molecule has 1 nitrogen and oxygen atoms in total. The standard InChI is InChI=1S/C16H18.C14H15N/c1-13(2)16(14-9-5-3-6-10-14)15-11-7-4-8-12-15;1-11-3-7-13(8-4-11)15-14-9-5-12(2)6-10-14/h3-13,16H,1-2H3;3-10,15H,1-2H3. The minimum absolute atomic E-state index is 0.502. The van der Waals surface area contributed by atoms with Crippen molar-refractivity contribution in [1.29, 1.82) is 0 Å². The van der Waals surface area contributed by atoms with Gasteiger partial charge < -0.3 is 5.32 Å². The summed E-state index contributed by atoms with van der Waals surface area (Å²) in [5.74, 6) is 1.12. The van der Waals surface area contributed by atoms with Crippen LogP contribution < -0.4 is 5.32 Å². The quantitative estimate of drug-likeness (QED) is 0.349. The van der Waals surface area contributed by atoms with Crippen molar-refractivity contribution in [2.75, 3.05) is 5.32 Å². The minimum atomic E-state index is 0.502. The van der Waals surface area contributed by atoms with Crippen molar-refractivity contribution in [3.8, 4) is 0 Å². The molecule has 4 aromatic carbocycles. The molecule has 0 bridgehead atoms. The Balaban J connectivity index is 0.000000176. The molecule has 0 amide bonds. The Morgan fingerprint density at radius 2 is 0.839 bits per heavy atom. The maximum Gasteiger partial charge on any atom is 0.0384 e. The van der Waals surface area contributed by atoms with E-state index in [1.54, 1.807) is 0 Å². The lowest BCUT2D eigenvalue weighted by Crippen LogP contribution is -2.08. The monoisotopic (exact) mass is 407 g/mol. The van der Waals surface area contributed by atoms with E-state index in [4.69, 9.17) is 0 Å². The molecule has 0 unspecified atom stereocenters. The maximum absolute atomic E-state index is 3.36. The molecule has 4 aromatic rings. The summed E-state index contributed by atoms with van der Waals surface area (Å²) in [7, 11) is 0. The van der Waals surface area contributed by atoms with E-state index >= 15 is 0 Å². The molecule has 0 saturated carbocycles. The number of anilines is 2. The summed E-state index contributed by atoms with van der Waals surface area (Å²) in [6.45, 7) is 8.75. The number of nitrogens with one attached hydrogen (secondary N) is 1. The van der Waals surface area contributed by atoms with Crippen LogP contribution in [-0.4, -0.2) is 0 Å². The van der Waals surface area contributed by atoms with Crippen LogP contribution in [0.25, 0.3) is 0 Å². The molecule has 0 aliphatic rings. The molecule has 4 rings (SSSR count). The second-order valence-electron chi connectivity index (χ2n) is 8.40. The third-order valence-electron chi connectivity index (χ3n) is 5.38. The van der Waals surface area contributed by atoms with Crippen molar-refractivity contribution < 1.29 is 0 Å². The topological polar surface area (TPSA) is 12.0 Å². The van der Waals surface area contributed by atoms with Crippen LogP contribution in [0.1, 0.15) is 42.0 Å². The van der Waals surface area contributed by atoms with Gasteiger partial charge in [-0.1, -0.05) is 110 Å². The number of aryl methyl sites for hydroxylation is 2. The van der Waals surface area contributed by atoms with Gasteiger partial charge in [-0.05, 0) is 55.2 Å². The van der Waals surface area contributed by atoms with Crippen molar-refractivity contribution in [3.05, 3.63) is 131 Å². The molecule has 0 aliphatic carbocycles. The molecule has 1 N–H and O–H groups in total. The van der Waals surface area contributed by atoms with E-state index in [9.17, 15) is 0 Å². The maximum atomic E-state index is 3.36. The predicted octanol–water partition coefficient (Wildman–Crippen LogP) is 8.52. The van der Waals surface area contributed by atoms with Gasteiger partial charge in [-0.3, -0.25) is 0 Å². The molecule has 0 saturated heterocycles. The molecule has 158 valence electrons. The molecular weight excluding hydrogens is 374 g/mol. The normalized spacial score (nSPS) is 10.5. The highest BCUT2D eigenvalue weighted by atomic mass is 14.9. The highest BCUT2D eigenvalue weighted by molar-refractivity contribution is 5.59. The van der Waals surface area contributed by atoms with E-state index in [-0.39, 0.29) is 0 Å². The summed E-state index contributed by atoms with van der Waals surface area (Å²) >= 11 is 0. The Morgan fingerprint density at radius 3 is 1.16 bits per heavy atom. The molecule has 0 aromatic heterocycles. The Hall–Kier alpha value is -3.32. The molecule has 31 heavy (non-hydrogen) atoms. The third kappa shape index (κ3) is 6.86. The van der Waals surface area contributed by atoms with Gasteiger partial charge in [-0.2, -0.15) is 0 Å². The van der Waals surface area contributed by atoms with E-state index in [1.807, 2.05) is 0 Å². The predicted molar refractivity (Wildman–Crippen MR) is 135 cm³/mol. The van der Waals surface area contributed by atoms with Gasteiger partial charge in [0.25, 0.3) is 0 Å². The highest BCUT2D eigenvalue weighted by Crippen LogP contribution is 2.31. The lowest BCUT2D eigenvalue weighted by Gasteiger charge is -2.21. The van der Waals surface area contributed by atoms with Crippen LogP contribution in [0, 0.1) is 19.8 Å². The van der Waals surface area contributed by atoms with Gasteiger partial charge in [0, 0.05) is 17.3 Å². The van der Waals surface area contributed by atoms with E-state index in [1.165, 1.54) is 22.3 Å². The summed E-state index contributed by atoms with van der Waals surface area (Å²) in [6.07, 6.45) is 0. The zero-order valence-electron chi connectivity index (χ0n) is 19.0. The summed E-state index contributed by atoms with van der Waals surface area (Å²) in [4.78, 5) is 0. The first-order chi connectivity index (χ1) is 15.0. The first-order valence-corrected chi connectivity index (χ1v) is 11.0. The molecule has 1 heteroatoms. The SMILES string of the molecule is CC(C)C(c1ccccc1)c1ccccc1.Cc1ccc(Nc2ccc(C)cc2)cc1. The van der Waals surface area contributed by atoms with Crippen LogP contribution in [-0.2, 0) is 0 Å². The van der Waals surface area contributed by atoms with E-state index in [0.717, 1.165) is 11.4 Å². The van der Waals surface area contributed by atoms with E-state index in [2.05, 4.69) is 142 Å². The van der Waals surface area contributed by atoms with Crippen LogP contribution in [0.3, 0.4) is 0 Å². The highest BCUT2D eigenvalue weighted by Gasteiger charge is 2.17. The number of hydrogen-bond donors (Lipinski definition) is 1. The average molecular weight is 408 g/mol. The molecule has 0 aliphatic heterocycles. The first-order valence-electron chi connectivity index (χ1n) is 11.0. The van der Waals surface area contributed by atoms with Crippen molar-refractivity contribution in [2.24, 2.45) is 5.92 Å². The number of benzene rings is 4. The van der Waals surface area contributed by atoms with Crippen LogP contribution in [0.4, 0.5) is 11.4 Å². The minimum Gasteiger partial charge on any atom is -0.356 e. The summed E-state index contributed by atoms with van der Waals surface area (Å²) in [5, 5.41) is 3.36. The summed E-state index contributed by atoms with van der Waals surface area (Å²) in [6, 6.07) is 38.3. The first kappa shape index (κ1) is 22.4. The molecule has 0 radical (unpaired) electrons. The van der Waals surface area contributed by atoms with Crippen LogP contribution in [0.2, 0.25) is 0 Å². The van der Waals surface area contributed by atoms with Gasteiger partial charge in [-0.15, -0.1) is 0 Å². The van der Waals surface area contributed by atoms with Crippen molar-refractivity contribution in [1.82, 2.24) is 0 Å². The van der Waals surface area contributed by atoms with Gasteiger partial charge in [0.15, 0.2) is 0 Å². The second kappa shape index (κ2) is 11.2. The Morgan fingerprint density at radius 1 is 0.484 bits per heavy atom. The number of hydrogen-bond acceptors (Lipinski definition) is 1. The fraction of sp³-hybridized carbons (Fsp3) is 0.200. The second-order valence-corrected chi connectivity index (χ2v) is 8.40. The zero-order valence-corrected chi connectivity index (χ0v) is 19.0. The fourth-order valence-corrected chi connectivity index (χ4v) is 3.72. The molecule has 0 heterocycles. The van der Waals surface area contributed by atoms with Gasteiger partial charge in [-0.25, -0.2) is 0 Å². The van der Waals surface area contributed by atoms with Gasteiger partial charge in [0.05, 0.1) is 0 Å². The molecular formula is C30H33N. The zero-order chi connectivity index (χ0) is 22.1. The van der Waals surface area contributed by atoms with Gasteiger partial charge in [0.2, 0.25) is 0 Å². The molecule has 0 atom stereocenters. The Labute approximate surface area is 187 Å². The Bertz CT molecular complexity index is 934. The molecule has 0 fully saturated rings. The number of rotatable bonds is 5. The van der Waals surface area contributed by atoms with Gasteiger partial charge in [0.1, 0.15) is 0 Å². The van der Waals surface area contributed by atoms with Gasteiger partial charge >= 0.3 is 0 Å². The van der Waals surface area contributed by atoms with E-state index < -0.39 is 0 Å². The average Bonchev–Trinajstić information content (AvgIpc) is 2.79. The fourth-order valence-electron chi connectivity index (χ4n) is 3.72. The lowest BCUT2D eigenvalue weighted by molar-refractivity contribution is 0.564. The van der Waals surface area contributed by atoms with Crippen LogP contribution in [0.5, 0.6) is 0 Å². The molecule has 0 spiro atoms. The van der Waals surface area contributed by atoms with E-state index in [0.29, 0.717) is 11.8 Å². The lowest BCUT2D eigenvalue weighted by atomic mass is 9.83. The summed E-state index contributed by atoms with van der Waals surface area (Å²) in [5.41, 5.74) is 7.63. The smallest absolute Gasteiger partial charge is 0.0384 e. The van der Waals surface area contributed by atoms with Crippen molar-refractivity contribution in [3.63, 3.8) is 0 Å².